The average Bonchev–Trinajstić information content (AvgIpc) is 2.22. The predicted molar refractivity (Wildman–Crippen MR) is 59.6 cm³/mol. The molecular weight excluding hydrogens is 208 g/mol. The van der Waals surface area contributed by atoms with Crippen molar-refractivity contribution in [1.82, 2.24) is 0 Å². The lowest BCUT2D eigenvalue weighted by Crippen LogP contribution is -2.06. The molecule has 4 nitrogen and oxygen atoms in total. The van der Waals surface area contributed by atoms with E-state index < -0.39 is 5.97 Å². The molecule has 4 heteroatoms. The molecule has 2 N–H and O–H groups in total. The number of hydrogen-bond donors (Lipinski definition) is 2. The molecule has 0 bridgehead atoms. The van der Waals surface area contributed by atoms with Crippen LogP contribution in [0.25, 0.3) is 0 Å². The number of esters is 1. The van der Waals surface area contributed by atoms with E-state index in [0.717, 1.165) is 25.3 Å². The summed E-state index contributed by atoms with van der Waals surface area (Å²) in [6.07, 6.45) is 2.90. The Morgan fingerprint density at radius 2 is 1.81 bits per heavy atom. The van der Waals surface area contributed by atoms with E-state index in [4.69, 9.17) is 4.74 Å². The van der Waals surface area contributed by atoms with Gasteiger partial charge >= 0.3 is 5.97 Å². The van der Waals surface area contributed by atoms with Crippen LogP contribution < -0.4 is 0 Å². The van der Waals surface area contributed by atoms with Crippen molar-refractivity contribution in [3.8, 4) is 11.5 Å². The molecule has 0 saturated heterocycles. The van der Waals surface area contributed by atoms with Crippen molar-refractivity contribution in [2.75, 3.05) is 6.61 Å². The van der Waals surface area contributed by atoms with Gasteiger partial charge in [-0.05, 0) is 18.6 Å². The minimum Gasteiger partial charge on any atom is -0.508 e. The maximum Gasteiger partial charge on any atom is 0.338 e. The van der Waals surface area contributed by atoms with Crippen LogP contribution >= 0.6 is 0 Å². The van der Waals surface area contributed by atoms with E-state index in [9.17, 15) is 15.0 Å². The van der Waals surface area contributed by atoms with Crippen molar-refractivity contribution >= 4 is 5.97 Å². The Balaban J connectivity index is 2.52. The first-order valence-electron chi connectivity index (χ1n) is 5.33. The zero-order valence-corrected chi connectivity index (χ0v) is 9.27. The number of carbonyl (C=O) groups is 1. The summed E-state index contributed by atoms with van der Waals surface area (Å²) >= 11 is 0. The van der Waals surface area contributed by atoms with Gasteiger partial charge in [-0.15, -0.1) is 0 Å². The molecule has 16 heavy (non-hydrogen) atoms. The number of rotatable bonds is 5. The van der Waals surface area contributed by atoms with E-state index in [1.54, 1.807) is 0 Å². The Morgan fingerprint density at radius 3 is 2.38 bits per heavy atom. The molecule has 1 rings (SSSR count). The molecule has 0 radical (unpaired) electrons. The lowest BCUT2D eigenvalue weighted by molar-refractivity contribution is 0.0497. The van der Waals surface area contributed by atoms with Crippen LogP contribution in [0.2, 0.25) is 0 Å². The fraction of sp³-hybridized carbons (Fsp3) is 0.417. The zero-order valence-electron chi connectivity index (χ0n) is 9.27. The van der Waals surface area contributed by atoms with Crippen molar-refractivity contribution < 1.29 is 19.7 Å². The standard InChI is InChI=1S/C12H16O4/c1-2-3-4-5-16-12(15)9-6-10(13)8-11(14)7-9/h6-8,13-14H,2-5H2,1H3. The fourth-order valence-corrected chi connectivity index (χ4v) is 1.31. The largest absolute Gasteiger partial charge is 0.508 e. The zero-order chi connectivity index (χ0) is 12.0. The van der Waals surface area contributed by atoms with Crippen LogP contribution in [0.3, 0.4) is 0 Å². The minimum absolute atomic E-state index is 0.152. The summed E-state index contributed by atoms with van der Waals surface area (Å²) in [5, 5.41) is 18.4. The van der Waals surface area contributed by atoms with E-state index in [2.05, 4.69) is 6.92 Å². The van der Waals surface area contributed by atoms with Gasteiger partial charge in [-0.3, -0.25) is 0 Å². The highest BCUT2D eigenvalue weighted by Crippen LogP contribution is 2.20. The highest BCUT2D eigenvalue weighted by molar-refractivity contribution is 5.90. The van der Waals surface area contributed by atoms with Crippen LogP contribution in [0.4, 0.5) is 0 Å². The third-order valence-electron chi connectivity index (χ3n) is 2.12. The topological polar surface area (TPSA) is 66.8 Å². The quantitative estimate of drug-likeness (QED) is 0.595. The van der Waals surface area contributed by atoms with Crippen LogP contribution in [0.5, 0.6) is 11.5 Å². The molecular formula is C12H16O4. The molecule has 0 heterocycles. The number of hydrogen-bond acceptors (Lipinski definition) is 4. The van der Waals surface area contributed by atoms with Gasteiger partial charge < -0.3 is 14.9 Å². The van der Waals surface area contributed by atoms with Crippen LogP contribution in [0, 0.1) is 0 Å². The summed E-state index contributed by atoms with van der Waals surface area (Å²) in [7, 11) is 0. The van der Waals surface area contributed by atoms with E-state index in [0.29, 0.717) is 6.61 Å². The van der Waals surface area contributed by atoms with Gasteiger partial charge in [0.05, 0.1) is 12.2 Å². The molecule has 0 fully saturated rings. The van der Waals surface area contributed by atoms with Gasteiger partial charge in [-0.2, -0.15) is 0 Å². The highest BCUT2D eigenvalue weighted by atomic mass is 16.5. The van der Waals surface area contributed by atoms with Crippen molar-refractivity contribution in [1.29, 1.82) is 0 Å². The summed E-state index contributed by atoms with van der Waals surface area (Å²) in [6.45, 7) is 2.43. The molecule has 0 saturated carbocycles. The van der Waals surface area contributed by atoms with Crippen LogP contribution in [0.15, 0.2) is 18.2 Å². The van der Waals surface area contributed by atoms with Crippen LogP contribution in [0.1, 0.15) is 36.5 Å². The van der Waals surface area contributed by atoms with Crippen molar-refractivity contribution in [2.24, 2.45) is 0 Å². The Labute approximate surface area is 94.5 Å². The molecule has 0 unspecified atom stereocenters. The Morgan fingerprint density at radius 1 is 1.19 bits per heavy atom. The van der Waals surface area contributed by atoms with Crippen molar-refractivity contribution in [3.63, 3.8) is 0 Å². The SMILES string of the molecule is CCCCCOC(=O)c1cc(O)cc(O)c1. The molecule has 0 spiro atoms. The molecule has 0 aliphatic rings. The molecule has 88 valence electrons. The maximum atomic E-state index is 11.5. The van der Waals surface area contributed by atoms with Gasteiger partial charge in [0.25, 0.3) is 0 Å². The van der Waals surface area contributed by atoms with E-state index in [1.807, 2.05) is 0 Å². The molecule has 1 aromatic rings. The van der Waals surface area contributed by atoms with Crippen LogP contribution in [-0.4, -0.2) is 22.8 Å². The third kappa shape index (κ3) is 3.81. The summed E-state index contributed by atoms with van der Waals surface area (Å²) in [5.74, 6) is -0.830. The number of benzene rings is 1. The van der Waals surface area contributed by atoms with Crippen molar-refractivity contribution in [2.45, 2.75) is 26.2 Å². The van der Waals surface area contributed by atoms with Crippen LogP contribution in [-0.2, 0) is 4.74 Å². The summed E-state index contributed by atoms with van der Waals surface area (Å²) in [6, 6.07) is 3.69. The van der Waals surface area contributed by atoms with E-state index in [-0.39, 0.29) is 17.1 Å². The number of phenolic OH excluding ortho intramolecular Hbond substituents is 2. The smallest absolute Gasteiger partial charge is 0.338 e. The van der Waals surface area contributed by atoms with Gasteiger partial charge in [0.2, 0.25) is 0 Å². The maximum absolute atomic E-state index is 11.5. The lowest BCUT2D eigenvalue weighted by Gasteiger charge is -2.05. The first kappa shape index (κ1) is 12.4. The van der Waals surface area contributed by atoms with Gasteiger partial charge in [-0.25, -0.2) is 4.79 Å². The second kappa shape index (κ2) is 6.00. The molecule has 0 amide bonds. The first-order chi connectivity index (χ1) is 7.63. The Hall–Kier alpha value is -1.71. The monoisotopic (exact) mass is 224 g/mol. The first-order valence-corrected chi connectivity index (χ1v) is 5.33. The number of ether oxygens (including phenoxy) is 1. The Bertz CT molecular complexity index is 340. The van der Waals surface area contributed by atoms with Gasteiger partial charge in [0, 0.05) is 6.07 Å². The number of unbranched alkanes of at least 4 members (excludes halogenated alkanes) is 2. The Kier molecular flexibility index (Phi) is 4.64. The number of phenols is 2. The number of carbonyl (C=O) groups excluding carboxylic acids is 1. The summed E-state index contributed by atoms with van der Waals surface area (Å²) < 4.78 is 4.98. The van der Waals surface area contributed by atoms with Gasteiger partial charge in [-0.1, -0.05) is 19.8 Å². The molecule has 1 aromatic carbocycles. The second-order valence-electron chi connectivity index (χ2n) is 3.58. The molecule has 0 aliphatic heterocycles. The number of aromatic hydroxyl groups is 2. The average molecular weight is 224 g/mol. The molecule has 0 aliphatic carbocycles. The summed E-state index contributed by atoms with van der Waals surface area (Å²) in [5.41, 5.74) is 0.161. The predicted octanol–water partition coefficient (Wildman–Crippen LogP) is 2.44. The normalized spacial score (nSPS) is 10.1. The van der Waals surface area contributed by atoms with Gasteiger partial charge in [0.15, 0.2) is 0 Å². The third-order valence-corrected chi connectivity index (χ3v) is 2.12. The lowest BCUT2D eigenvalue weighted by atomic mass is 10.2. The minimum atomic E-state index is -0.526. The molecule has 0 atom stereocenters. The highest BCUT2D eigenvalue weighted by Gasteiger charge is 2.09. The fourth-order valence-electron chi connectivity index (χ4n) is 1.31. The molecule has 0 aromatic heterocycles. The van der Waals surface area contributed by atoms with Gasteiger partial charge in [0.1, 0.15) is 11.5 Å². The van der Waals surface area contributed by atoms with E-state index in [1.165, 1.54) is 12.1 Å². The summed E-state index contributed by atoms with van der Waals surface area (Å²) in [4.78, 5) is 11.5. The van der Waals surface area contributed by atoms with E-state index >= 15 is 0 Å². The van der Waals surface area contributed by atoms with Crippen molar-refractivity contribution in [3.05, 3.63) is 23.8 Å². The second-order valence-corrected chi connectivity index (χ2v) is 3.58.